The van der Waals surface area contributed by atoms with Crippen molar-refractivity contribution < 1.29 is 46.1 Å². The van der Waals surface area contributed by atoms with Crippen molar-refractivity contribution in [1.29, 1.82) is 0 Å². The number of imide groups is 1. The van der Waals surface area contributed by atoms with Gasteiger partial charge in [-0.05, 0) is 61.4 Å². The third kappa shape index (κ3) is 5.64. The molecule has 2 fully saturated rings. The molecular formula is C33H28N2O10S2. The van der Waals surface area contributed by atoms with E-state index in [2.05, 4.69) is 0 Å². The highest BCUT2D eigenvalue weighted by atomic mass is 32.2. The Hall–Kier alpha value is -5.05. The maximum atomic E-state index is 14.3. The van der Waals surface area contributed by atoms with Gasteiger partial charge in [-0.1, -0.05) is 48.5 Å². The summed E-state index contributed by atoms with van der Waals surface area (Å²) < 4.78 is 41.0. The van der Waals surface area contributed by atoms with Gasteiger partial charge in [0.05, 0.1) is 31.0 Å². The van der Waals surface area contributed by atoms with Crippen LogP contribution in [0.2, 0.25) is 0 Å². The average Bonchev–Trinajstić information content (AvgIpc) is 3.71. The molecule has 3 atom stereocenters. The van der Waals surface area contributed by atoms with Crippen LogP contribution in [0.4, 0.5) is 10.7 Å². The molecule has 2 saturated heterocycles. The molecule has 2 amide bonds. The molecule has 242 valence electrons. The van der Waals surface area contributed by atoms with Crippen LogP contribution in [0, 0.1) is 12.8 Å². The predicted octanol–water partition coefficient (Wildman–Crippen LogP) is 4.84. The van der Waals surface area contributed by atoms with E-state index in [9.17, 15) is 27.6 Å². The van der Waals surface area contributed by atoms with Gasteiger partial charge in [0.25, 0.3) is 5.91 Å². The minimum atomic E-state index is -4.10. The van der Waals surface area contributed by atoms with Crippen molar-refractivity contribution in [3.8, 4) is 5.75 Å². The lowest BCUT2D eigenvalue weighted by Crippen LogP contribution is -2.37. The van der Waals surface area contributed by atoms with Crippen molar-refractivity contribution in [2.45, 2.75) is 30.9 Å². The number of ether oxygens (including phenoxy) is 2. The van der Waals surface area contributed by atoms with Crippen LogP contribution in [0.25, 0.3) is 0 Å². The lowest BCUT2D eigenvalue weighted by Gasteiger charge is -2.28. The number of hydrogen-bond acceptors (Lipinski definition) is 12. The van der Waals surface area contributed by atoms with E-state index < -0.39 is 51.9 Å². The molecule has 0 aliphatic carbocycles. The zero-order valence-corrected chi connectivity index (χ0v) is 26.9. The lowest BCUT2D eigenvalue weighted by atomic mass is 9.90. The van der Waals surface area contributed by atoms with Crippen LogP contribution in [0.3, 0.4) is 0 Å². The van der Waals surface area contributed by atoms with Crippen LogP contribution in [-0.2, 0) is 34.0 Å². The highest BCUT2D eigenvalue weighted by molar-refractivity contribution is 7.87. The molecule has 3 aromatic carbocycles. The summed E-state index contributed by atoms with van der Waals surface area (Å²) in [7, 11) is -2.94. The van der Waals surface area contributed by atoms with Gasteiger partial charge in [-0.25, -0.2) is 19.6 Å². The minimum Gasteiger partial charge on any atom is -0.465 e. The number of hydrogen-bond donors (Lipinski definition) is 0. The van der Waals surface area contributed by atoms with Crippen LogP contribution in [-0.4, -0.2) is 52.0 Å². The summed E-state index contributed by atoms with van der Waals surface area (Å²) in [6, 6.07) is 21.8. The number of esters is 2. The Bertz CT molecular complexity index is 1960. The van der Waals surface area contributed by atoms with Crippen LogP contribution in [0.1, 0.15) is 44.1 Å². The molecule has 2 aliphatic heterocycles. The molecule has 0 N–H and O–H groups in total. The number of rotatable bonds is 9. The number of amides is 2. The van der Waals surface area contributed by atoms with Crippen molar-refractivity contribution in [2.75, 3.05) is 23.7 Å². The quantitative estimate of drug-likeness (QED) is 0.136. The number of benzene rings is 3. The third-order valence-corrected chi connectivity index (χ3v) is 10.3. The Morgan fingerprint density at radius 3 is 2.15 bits per heavy atom. The molecule has 6 rings (SSSR count). The zero-order valence-electron chi connectivity index (χ0n) is 25.3. The van der Waals surface area contributed by atoms with Crippen molar-refractivity contribution in [3.05, 3.63) is 106 Å². The number of anilines is 2. The maximum absolute atomic E-state index is 14.3. The summed E-state index contributed by atoms with van der Waals surface area (Å²) in [5.74, 6) is -3.95. The molecule has 4 aromatic rings. The van der Waals surface area contributed by atoms with E-state index in [0.29, 0.717) is 11.3 Å². The summed E-state index contributed by atoms with van der Waals surface area (Å²) in [6.45, 7) is 3.23. The van der Waals surface area contributed by atoms with Crippen LogP contribution >= 0.6 is 11.3 Å². The zero-order chi connectivity index (χ0) is 33.5. The van der Waals surface area contributed by atoms with Crippen LogP contribution in [0.5, 0.6) is 5.75 Å². The van der Waals surface area contributed by atoms with Crippen molar-refractivity contribution in [3.63, 3.8) is 0 Å². The summed E-state index contributed by atoms with van der Waals surface area (Å²) in [5.41, 5.74) is 1.21. The predicted molar refractivity (Wildman–Crippen MR) is 170 cm³/mol. The number of para-hydroxylation sites is 1. The number of nitrogens with zero attached hydrogens (tertiary/aromatic N) is 2. The second kappa shape index (κ2) is 12.6. The van der Waals surface area contributed by atoms with E-state index in [-0.39, 0.29) is 38.3 Å². The summed E-state index contributed by atoms with van der Waals surface area (Å²) in [6.07, 6.45) is -1.28. The first kappa shape index (κ1) is 31.9. The van der Waals surface area contributed by atoms with Gasteiger partial charge in [0.15, 0.2) is 6.10 Å². The normalized spacial score (nSPS) is 19.1. The molecular weight excluding hydrogens is 649 g/mol. The molecule has 0 radical (unpaired) electrons. The van der Waals surface area contributed by atoms with E-state index >= 15 is 0 Å². The minimum absolute atomic E-state index is 0.0113. The fourth-order valence-corrected chi connectivity index (χ4v) is 7.78. The molecule has 1 aromatic heterocycles. The second-order valence-electron chi connectivity index (χ2n) is 10.5. The molecule has 14 heteroatoms. The molecule has 12 nitrogen and oxygen atoms in total. The fraction of sp³-hybridized carbons (Fsp3) is 0.212. The molecule has 47 heavy (non-hydrogen) atoms. The van der Waals surface area contributed by atoms with Gasteiger partial charge in [-0.3, -0.25) is 14.4 Å². The van der Waals surface area contributed by atoms with E-state index in [4.69, 9.17) is 18.5 Å². The summed E-state index contributed by atoms with van der Waals surface area (Å²) >= 11 is 0.787. The van der Waals surface area contributed by atoms with Crippen molar-refractivity contribution in [2.24, 2.45) is 5.92 Å². The van der Waals surface area contributed by atoms with Crippen molar-refractivity contribution in [1.82, 2.24) is 0 Å². The average molecular weight is 677 g/mol. The van der Waals surface area contributed by atoms with Gasteiger partial charge < -0.3 is 13.7 Å². The van der Waals surface area contributed by atoms with Crippen molar-refractivity contribution >= 4 is 55.9 Å². The molecule has 0 saturated carbocycles. The van der Waals surface area contributed by atoms with E-state index in [1.165, 1.54) is 36.3 Å². The molecule has 0 spiro atoms. The Balaban J connectivity index is 1.38. The molecule has 3 heterocycles. The first-order chi connectivity index (χ1) is 22.6. The highest BCUT2D eigenvalue weighted by Gasteiger charge is 2.61. The SMILES string of the molecule is CCOC(=O)c1sc(N2C(=O)[C@@H]3[C@H](ON(c4ccccc4)[C@H]3c3ccc(OS(=O)(=O)c4ccccc4)cc3)C2=O)c(C(=O)OC)c1C. The van der Waals surface area contributed by atoms with Gasteiger partial charge in [-0.2, -0.15) is 8.42 Å². The van der Waals surface area contributed by atoms with Gasteiger partial charge in [0.2, 0.25) is 5.91 Å². The topological polar surface area (TPSA) is 146 Å². The van der Waals surface area contributed by atoms with E-state index in [1.807, 2.05) is 0 Å². The van der Waals surface area contributed by atoms with Gasteiger partial charge >= 0.3 is 22.1 Å². The number of fused-ring (bicyclic) bond motifs is 1. The third-order valence-electron chi connectivity index (χ3n) is 7.77. The summed E-state index contributed by atoms with van der Waals surface area (Å²) in [4.78, 5) is 61.0. The number of methoxy groups -OCH3 is 1. The summed E-state index contributed by atoms with van der Waals surface area (Å²) in [5, 5.41) is 1.41. The number of hydroxylamine groups is 1. The standard InChI is InChI=1S/C33H28N2O10S2/c1-4-43-33(39)28-19(2)24(32(38)42-3)31(46-28)34-29(36)25-26(35(44-27(25)30(34)37)21-11-7-5-8-12-21)20-15-17-22(18-16-20)45-47(40,41)23-13-9-6-10-14-23/h5-18,25-27H,4H2,1-3H3/t25-,26-,27-/m0/s1. The molecule has 0 bridgehead atoms. The maximum Gasteiger partial charge on any atom is 0.348 e. The largest absolute Gasteiger partial charge is 0.465 e. The Labute approximate surface area is 274 Å². The number of thiophene rings is 1. The Kier molecular flexibility index (Phi) is 8.57. The number of carbonyl (C=O) groups excluding carboxylic acids is 4. The first-order valence-electron chi connectivity index (χ1n) is 14.4. The van der Waals surface area contributed by atoms with E-state index in [1.54, 1.807) is 67.6 Å². The van der Waals surface area contributed by atoms with Gasteiger partial charge in [-0.15, -0.1) is 11.3 Å². The number of carbonyl (C=O) groups is 4. The smallest absolute Gasteiger partial charge is 0.348 e. The van der Waals surface area contributed by atoms with Crippen LogP contribution < -0.4 is 14.1 Å². The molecule has 0 unspecified atom stereocenters. The molecule has 2 aliphatic rings. The Morgan fingerprint density at radius 1 is 0.894 bits per heavy atom. The van der Waals surface area contributed by atoms with Gasteiger partial charge in [0, 0.05) is 0 Å². The lowest BCUT2D eigenvalue weighted by molar-refractivity contribution is -0.126. The first-order valence-corrected chi connectivity index (χ1v) is 16.7. The van der Waals surface area contributed by atoms with Gasteiger partial charge in [0.1, 0.15) is 26.4 Å². The highest BCUT2D eigenvalue weighted by Crippen LogP contribution is 2.50. The Morgan fingerprint density at radius 2 is 1.53 bits per heavy atom. The van der Waals surface area contributed by atoms with Crippen LogP contribution in [0.15, 0.2) is 89.8 Å². The monoisotopic (exact) mass is 676 g/mol. The van der Waals surface area contributed by atoms with E-state index in [0.717, 1.165) is 23.3 Å². The second-order valence-corrected chi connectivity index (χ2v) is 13.1. The fourth-order valence-electron chi connectivity index (χ4n) is 5.62.